The summed E-state index contributed by atoms with van der Waals surface area (Å²) in [7, 11) is 1.49. The molecule has 1 aromatic rings. The van der Waals surface area contributed by atoms with E-state index in [1.165, 1.54) is 7.11 Å². The lowest BCUT2D eigenvalue weighted by Crippen LogP contribution is -2.36. The highest BCUT2D eigenvalue weighted by Gasteiger charge is 2.26. The molecule has 3 nitrogen and oxygen atoms in total. The van der Waals surface area contributed by atoms with Gasteiger partial charge >= 0.3 is 0 Å². The molecule has 1 unspecified atom stereocenters. The van der Waals surface area contributed by atoms with Crippen LogP contribution in [0.4, 0.5) is 4.39 Å². The van der Waals surface area contributed by atoms with Crippen LogP contribution in [-0.4, -0.2) is 38.2 Å². The number of likely N-dealkylation sites (tertiary alicyclic amines) is 1. The summed E-state index contributed by atoms with van der Waals surface area (Å²) in [5, 5.41) is 0. The summed E-state index contributed by atoms with van der Waals surface area (Å²) in [5.41, 5.74) is 6.96. The molecule has 0 aromatic heterocycles. The van der Waals surface area contributed by atoms with Crippen molar-refractivity contribution in [3.8, 4) is 5.75 Å². The highest BCUT2D eigenvalue weighted by atomic mass is 19.1. The van der Waals surface area contributed by atoms with Gasteiger partial charge in [-0.2, -0.15) is 0 Å². The van der Waals surface area contributed by atoms with E-state index in [0.29, 0.717) is 18.2 Å². The maximum Gasteiger partial charge on any atom is 0.165 e. The topological polar surface area (TPSA) is 38.5 Å². The maximum atomic E-state index is 13.9. The maximum absolute atomic E-state index is 13.9. The normalized spacial score (nSPS) is 19.0. The number of hydrogen-bond acceptors (Lipinski definition) is 3. The average Bonchev–Trinajstić information content (AvgIpc) is 2.49. The summed E-state index contributed by atoms with van der Waals surface area (Å²) >= 11 is 0. The molecule has 20 heavy (non-hydrogen) atoms. The number of halogens is 1. The second kappa shape index (κ2) is 7.04. The van der Waals surface area contributed by atoms with Crippen molar-refractivity contribution in [2.45, 2.75) is 25.7 Å². The Hall–Kier alpha value is -1.13. The summed E-state index contributed by atoms with van der Waals surface area (Å²) in [4.78, 5) is 2.46. The van der Waals surface area contributed by atoms with Gasteiger partial charge in [0.05, 0.1) is 7.11 Å². The van der Waals surface area contributed by atoms with Gasteiger partial charge in [0.2, 0.25) is 0 Å². The van der Waals surface area contributed by atoms with Gasteiger partial charge in [0, 0.05) is 0 Å². The molecule has 1 heterocycles. The Bertz CT molecular complexity index is 430. The standard InChI is InChI=1S/C16H25FN2O/c1-3-19-8-6-12(7-9-19)14(11-18)13-4-5-16(20-2)15(17)10-13/h4-5,10,12,14H,3,6-9,11,18H2,1-2H3. The van der Waals surface area contributed by atoms with E-state index < -0.39 is 0 Å². The van der Waals surface area contributed by atoms with E-state index in [0.717, 1.165) is 38.0 Å². The monoisotopic (exact) mass is 280 g/mol. The van der Waals surface area contributed by atoms with Crippen LogP contribution in [0.5, 0.6) is 5.75 Å². The van der Waals surface area contributed by atoms with Crippen LogP contribution in [0, 0.1) is 11.7 Å². The molecule has 0 spiro atoms. The first-order valence-electron chi connectivity index (χ1n) is 7.45. The van der Waals surface area contributed by atoms with Gasteiger partial charge in [-0.1, -0.05) is 13.0 Å². The van der Waals surface area contributed by atoms with E-state index in [1.54, 1.807) is 12.1 Å². The van der Waals surface area contributed by atoms with Crippen molar-refractivity contribution in [1.29, 1.82) is 0 Å². The minimum Gasteiger partial charge on any atom is -0.494 e. The number of methoxy groups -OCH3 is 1. The molecular formula is C16H25FN2O. The molecule has 1 atom stereocenters. The molecule has 1 aliphatic heterocycles. The van der Waals surface area contributed by atoms with Crippen molar-refractivity contribution in [3.63, 3.8) is 0 Å². The van der Waals surface area contributed by atoms with Gasteiger partial charge in [-0.15, -0.1) is 0 Å². The van der Waals surface area contributed by atoms with Gasteiger partial charge < -0.3 is 15.4 Å². The first-order valence-corrected chi connectivity index (χ1v) is 7.45. The number of hydrogen-bond donors (Lipinski definition) is 1. The third-order valence-electron chi connectivity index (χ3n) is 4.51. The van der Waals surface area contributed by atoms with Crippen LogP contribution in [0.25, 0.3) is 0 Å². The van der Waals surface area contributed by atoms with Crippen LogP contribution >= 0.6 is 0 Å². The van der Waals surface area contributed by atoms with Crippen molar-refractivity contribution < 1.29 is 9.13 Å². The van der Waals surface area contributed by atoms with Crippen molar-refractivity contribution in [2.75, 3.05) is 33.3 Å². The second-order valence-electron chi connectivity index (χ2n) is 5.51. The van der Waals surface area contributed by atoms with Gasteiger partial charge in [-0.25, -0.2) is 4.39 Å². The molecule has 0 radical (unpaired) electrons. The molecule has 0 bridgehead atoms. The van der Waals surface area contributed by atoms with Gasteiger partial charge in [0.25, 0.3) is 0 Å². The lowest BCUT2D eigenvalue weighted by atomic mass is 9.80. The van der Waals surface area contributed by atoms with Crippen molar-refractivity contribution >= 4 is 0 Å². The second-order valence-corrected chi connectivity index (χ2v) is 5.51. The van der Waals surface area contributed by atoms with E-state index in [4.69, 9.17) is 10.5 Å². The van der Waals surface area contributed by atoms with E-state index in [2.05, 4.69) is 11.8 Å². The largest absolute Gasteiger partial charge is 0.494 e. The van der Waals surface area contributed by atoms with Crippen LogP contribution in [0.2, 0.25) is 0 Å². The Labute approximate surface area is 120 Å². The first-order chi connectivity index (χ1) is 9.69. The average molecular weight is 280 g/mol. The van der Waals surface area contributed by atoms with Crippen LogP contribution in [0.15, 0.2) is 18.2 Å². The van der Waals surface area contributed by atoms with E-state index in [9.17, 15) is 4.39 Å². The van der Waals surface area contributed by atoms with Gasteiger partial charge in [0.15, 0.2) is 11.6 Å². The quantitative estimate of drug-likeness (QED) is 0.901. The molecule has 1 aromatic carbocycles. The van der Waals surface area contributed by atoms with E-state index in [1.807, 2.05) is 6.07 Å². The third-order valence-corrected chi connectivity index (χ3v) is 4.51. The molecule has 0 aliphatic carbocycles. The molecule has 2 N–H and O–H groups in total. The highest BCUT2D eigenvalue weighted by Crippen LogP contribution is 2.33. The van der Waals surface area contributed by atoms with E-state index >= 15 is 0 Å². The summed E-state index contributed by atoms with van der Waals surface area (Å²) < 4.78 is 18.8. The number of benzene rings is 1. The Morgan fingerprint density at radius 1 is 1.40 bits per heavy atom. The molecule has 2 rings (SSSR count). The van der Waals surface area contributed by atoms with Crippen LogP contribution in [0.1, 0.15) is 31.2 Å². The van der Waals surface area contributed by atoms with Crippen LogP contribution in [-0.2, 0) is 0 Å². The van der Waals surface area contributed by atoms with Gasteiger partial charge in [-0.3, -0.25) is 0 Å². The first kappa shape index (κ1) is 15.3. The SMILES string of the molecule is CCN1CCC(C(CN)c2ccc(OC)c(F)c2)CC1. The zero-order valence-electron chi connectivity index (χ0n) is 12.4. The Morgan fingerprint density at radius 2 is 2.10 bits per heavy atom. The lowest BCUT2D eigenvalue weighted by Gasteiger charge is -2.35. The Morgan fingerprint density at radius 3 is 2.60 bits per heavy atom. The van der Waals surface area contributed by atoms with Crippen LogP contribution in [0.3, 0.4) is 0 Å². The molecule has 0 amide bonds. The fraction of sp³-hybridized carbons (Fsp3) is 0.625. The number of nitrogens with zero attached hydrogens (tertiary/aromatic N) is 1. The minimum atomic E-state index is -0.297. The zero-order chi connectivity index (χ0) is 14.5. The van der Waals surface area contributed by atoms with E-state index in [-0.39, 0.29) is 11.7 Å². The summed E-state index contributed by atoms with van der Waals surface area (Å²) in [6, 6.07) is 5.24. The predicted octanol–water partition coefficient (Wildman–Crippen LogP) is 2.61. The molecular weight excluding hydrogens is 255 g/mol. The minimum absolute atomic E-state index is 0.245. The van der Waals surface area contributed by atoms with Crippen molar-refractivity contribution in [1.82, 2.24) is 4.90 Å². The van der Waals surface area contributed by atoms with Crippen molar-refractivity contribution in [3.05, 3.63) is 29.6 Å². The summed E-state index contributed by atoms with van der Waals surface area (Å²) in [6.45, 7) is 6.12. The smallest absolute Gasteiger partial charge is 0.165 e. The highest BCUT2D eigenvalue weighted by molar-refractivity contribution is 5.32. The molecule has 1 aliphatic rings. The van der Waals surface area contributed by atoms with Crippen molar-refractivity contribution in [2.24, 2.45) is 11.7 Å². The Balaban J connectivity index is 2.10. The van der Waals surface area contributed by atoms with Gasteiger partial charge in [-0.05, 0) is 68.6 Å². The predicted molar refractivity (Wildman–Crippen MR) is 79.6 cm³/mol. The third kappa shape index (κ3) is 3.30. The lowest BCUT2D eigenvalue weighted by molar-refractivity contribution is 0.176. The fourth-order valence-corrected chi connectivity index (χ4v) is 3.19. The molecule has 4 heteroatoms. The Kier molecular flexibility index (Phi) is 5.38. The molecule has 1 fully saturated rings. The van der Waals surface area contributed by atoms with Gasteiger partial charge in [0.1, 0.15) is 0 Å². The molecule has 112 valence electrons. The molecule has 0 saturated carbocycles. The fourth-order valence-electron chi connectivity index (χ4n) is 3.19. The van der Waals surface area contributed by atoms with Crippen LogP contribution < -0.4 is 10.5 Å². The zero-order valence-corrected chi connectivity index (χ0v) is 12.4. The summed E-state index contributed by atoms with van der Waals surface area (Å²) in [5.74, 6) is 0.796. The number of ether oxygens (including phenoxy) is 1. The number of rotatable bonds is 5. The summed E-state index contributed by atoms with van der Waals surface area (Å²) in [6.07, 6.45) is 2.28. The number of nitrogens with two attached hydrogens (primary N) is 1. The number of piperidine rings is 1. The molecule has 1 saturated heterocycles.